The standard InChI is InChI=1S/C8H13NO2/c1-5-8(7(10)11-2)3-6(8)4-9-5/h5-6,9H,3-4H2,1-2H3/t5-,6?,8+/m1/s1. The number of piperidine rings is 1. The molecular weight excluding hydrogens is 142 g/mol. The molecule has 3 nitrogen and oxygen atoms in total. The lowest BCUT2D eigenvalue weighted by atomic mass is 9.99. The summed E-state index contributed by atoms with van der Waals surface area (Å²) in [5, 5.41) is 3.27. The monoisotopic (exact) mass is 155 g/mol. The topological polar surface area (TPSA) is 38.3 Å². The third kappa shape index (κ3) is 0.692. The van der Waals surface area contributed by atoms with E-state index in [0.717, 1.165) is 13.0 Å². The number of rotatable bonds is 1. The minimum atomic E-state index is -0.144. The quantitative estimate of drug-likeness (QED) is 0.548. The Kier molecular flexibility index (Phi) is 1.27. The van der Waals surface area contributed by atoms with Gasteiger partial charge in [0, 0.05) is 6.04 Å². The fraction of sp³-hybridized carbons (Fsp3) is 0.875. The van der Waals surface area contributed by atoms with E-state index >= 15 is 0 Å². The Bertz CT molecular complexity index is 204. The summed E-state index contributed by atoms with van der Waals surface area (Å²) in [6, 6.07) is 0.306. The van der Waals surface area contributed by atoms with Gasteiger partial charge in [0.2, 0.25) is 0 Å². The molecule has 62 valence electrons. The normalized spacial score (nSPS) is 46.7. The second-order valence-corrected chi connectivity index (χ2v) is 3.56. The van der Waals surface area contributed by atoms with E-state index in [0.29, 0.717) is 12.0 Å². The molecule has 1 aliphatic carbocycles. The molecule has 1 N–H and O–H groups in total. The number of nitrogens with one attached hydrogen (secondary N) is 1. The van der Waals surface area contributed by atoms with Gasteiger partial charge in [0.25, 0.3) is 0 Å². The number of carbonyl (C=O) groups excluding carboxylic acids is 1. The van der Waals surface area contributed by atoms with Crippen LogP contribution in [0.5, 0.6) is 0 Å². The lowest BCUT2D eigenvalue weighted by Gasteiger charge is -2.16. The molecule has 3 heteroatoms. The average Bonchev–Trinajstić information content (AvgIpc) is 2.68. The maximum Gasteiger partial charge on any atom is 0.313 e. The molecule has 1 saturated heterocycles. The van der Waals surface area contributed by atoms with Crippen molar-refractivity contribution >= 4 is 5.97 Å². The van der Waals surface area contributed by atoms with Crippen molar-refractivity contribution in [2.45, 2.75) is 19.4 Å². The predicted octanol–water partition coefficient (Wildman–Crippen LogP) is 0.157. The second kappa shape index (κ2) is 1.97. The molecule has 0 amide bonds. The molecule has 0 aromatic carbocycles. The molecule has 0 spiro atoms. The number of esters is 1. The van der Waals surface area contributed by atoms with E-state index in [1.807, 2.05) is 0 Å². The molecule has 1 aliphatic heterocycles. The van der Waals surface area contributed by atoms with E-state index in [4.69, 9.17) is 4.74 Å². The molecule has 1 heterocycles. The van der Waals surface area contributed by atoms with Gasteiger partial charge in [-0.25, -0.2) is 0 Å². The van der Waals surface area contributed by atoms with Crippen LogP contribution in [-0.2, 0) is 9.53 Å². The minimum absolute atomic E-state index is 0.0278. The number of hydrogen-bond acceptors (Lipinski definition) is 3. The fourth-order valence-electron chi connectivity index (χ4n) is 2.25. The highest BCUT2D eigenvalue weighted by Crippen LogP contribution is 2.58. The van der Waals surface area contributed by atoms with Crippen LogP contribution in [0, 0.1) is 11.3 Å². The van der Waals surface area contributed by atoms with Gasteiger partial charge in [-0.2, -0.15) is 0 Å². The van der Waals surface area contributed by atoms with Crippen LogP contribution in [0.2, 0.25) is 0 Å². The van der Waals surface area contributed by atoms with Crippen molar-refractivity contribution in [1.82, 2.24) is 5.32 Å². The Balaban J connectivity index is 2.18. The van der Waals surface area contributed by atoms with Crippen LogP contribution in [0.4, 0.5) is 0 Å². The average molecular weight is 155 g/mol. The van der Waals surface area contributed by atoms with Gasteiger partial charge < -0.3 is 10.1 Å². The molecule has 1 saturated carbocycles. The molecule has 0 radical (unpaired) electrons. The van der Waals surface area contributed by atoms with E-state index < -0.39 is 0 Å². The van der Waals surface area contributed by atoms with Crippen molar-refractivity contribution in [3.63, 3.8) is 0 Å². The van der Waals surface area contributed by atoms with Crippen LogP contribution in [0.1, 0.15) is 13.3 Å². The maximum absolute atomic E-state index is 11.3. The SMILES string of the molecule is COC(=O)[C@]12CC1CN[C@@H]2C. The summed E-state index contributed by atoms with van der Waals surface area (Å²) in [6.07, 6.45) is 1.02. The molecular formula is C8H13NO2. The van der Waals surface area contributed by atoms with E-state index in [1.54, 1.807) is 0 Å². The number of carbonyl (C=O) groups is 1. The van der Waals surface area contributed by atoms with Crippen LogP contribution in [0.15, 0.2) is 0 Å². The van der Waals surface area contributed by atoms with Crippen molar-refractivity contribution in [1.29, 1.82) is 0 Å². The van der Waals surface area contributed by atoms with Gasteiger partial charge >= 0.3 is 5.97 Å². The Morgan fingerprint density at radius 3 is 2.82 bits per heavy atom. The summed E-state index contributed by atoms with van der Waals surface area (Å²) in [4.78, 5) is 11.3. The fourth-order valence-corrected chi connectivity index (χ4v) is 2.25. The Labute approximate surface area is 66.1 Å². The van der Waals surface area contributed by atoms with Crippen LogP contribution in [-0.4, -0.2) is 25.7 Å². The molecule has 11 heavy (non-hydrogen) atoms. The summed E-state index contributed by atoms with van der Waals surface area (Å²) in [7, 11) is 1.47. The van der Waals surface area contributed by atoms with Crippen molar-refractivity contribution in [2.24, 2.45) is 11.3 Å². The number of fused-ring (bicyclic) bond motifs is 1. The van der Waals surface area contributed by atoms with Crippen molar-refractivity contribution in [2.75, 3.05) is 13.7 Å². The first-order valence-corrected chi connectivity index (χ1v) is 4.03. The molecule has 2 fully saturated rings. The number of hydrogen-bond donors (Lipinski definition) is 1. The highest BCUT2D eigenvalue weighted by atomic mass is 16.5. The van der Waals surface area contributed by atoms with Crippen molar-refractivity contribution in [3.05, 3.63) is 0 Å². The zero-order valence-electron chi connectivity index (χ0n) is 6.89. The zero-order valence-corrected chi connectivity index (χ0v) is 6.89. The lowest BCUT2D eigenvalue weighted by Crippen LogP contribution is -2.34. The van der Waals surface area contributed by atoms with Crippen molar-refractivity contribution in [3.8, 4) is 0 Å². The molecule has 2 aliphatic rings. The van der Waals surface area contributed by atoms with Crippen molar-refractivity contribution < 1.29 is 9.53 Å². The van der Waals surface area contributed by atoms with Gasteiger partial charge in [-0.05, 0) is 25.8 Å². The highest BCUT2D eigenvalue weighted by Gasteiger charge is 2.67. The van der Waals surface area contributed by atoms with E-state index in [2.05, 4.69) is 12.2 Å². The summed E-state index contributed by atoms with van der Waals surface area (Å²) in [5.74, 6) is 0.518. The van der Waals surface area contributed by atoms with Crippen LogP contribution in [0.25, 0.3) is 0 Å². The maximum atomic E-state index is 11.3. The first kappa shape index (κ1) is 7.10. The van der Waals surface area contributed by atoms with Gasteiger partial charge in [-0.1, -0.05) is 0 Å². The van der Waals surface area contributed by atoms with Gasteiger partial charge in [-0.3, -0.25) is 4.79 Å². The van der Waals surface area contributed by atoms with Gasteiger partial charge in [-0.15, -0.1) is 0 Å². The predicted molar refractivity (Wildman–Crippen MR) is 40.0 cm³/mol. The highest BCUT2D eigenvalue weighted by molar-refractivity contribution is 5.82. The minimum Gasteiger partial charge on any atom is -0.469 e. The molecule has 0 aromatic heterocycles. The zero-order chi connectivity index (χ0) is 8.06. The van der Waals surface area contributed by atoms with Crippen LogP contribution >= 0.6 is 0 Å². The van der Waals surface area contributed by atoms with Gasteiger partial charge in [0.15, 0.2) is 0 Å². The Morgan fingerprint density at radius 2 is 2.45 bits per heavy atom. The largest absolute Gasteiger partial charge is 0.469 e. The lowest BCUT2D eigenvalue weighted by molar-refractivity contribution is -0.147. The third-order valence-corrected chi connectivity index (χ3v) is 3.16. The number of ether oxygens (including phenoxy) is 1. The summed E-state index contributed by atoms with van der Waals surface area (Å²) >= 11 is 0. The molecule has 0 aromatic rings. The number of methoxy groups -OCH3 is 1. The van der Waals surface area contributed by atoms with E-state index in [9.17, 15) is 4.79 Å². The van der Waals surface area contributed by atoms with Crippen LogP contribution < -0.4 is 5.32 Å². The van der Waals surface area contributed by atoms with Gasteiger partial charge in [0.05, 0.1) is 12.5 Å². The first-order valence-electron chi connectivity index (χ1n) is 4.03. The first-order chi connectivity index (χ1) is 5.21. The smallest absolute Gasteiger partial charge is 0.313 e. The molecule has 1 unspecified atom stereocenters. The molecule has 3 atom stereocenters. The Morgan fingerprint density at radius 1 is 1.73 bits per heavy atom. The molecule has 0 bridgehead atoms. The Hall–Kier alpha value is -0.570. The van der Waals surface area contributed by atoms with Gasteiger partial charge in [0.1, 0.15) is 0 Å². The summed E-state index contributed by atoms with van der Waals surface area (Å²) in [5.41, 5.74) is -0.144. The molecule has 2 rings (SSSR count). The summed E-state index contributed by atoms with van der Waals surface area (Å²) < 4.78 is 4.77. The summed E-state index contributed by atoms with van der Waals surface area (Å²) in [6.45, 7) is 3.04. The van der Waals surface area contributed by atoms with E-state index in [-0.39, 0.29) is 11.4 Å². The third-order valence-electron chi connectivity index (χ3n) is 3.16. The van der Waals surface area contributed by atoms with E-state index in [1.165, 1.54) is 7.11 Å². The second-order valence-electron chi connectivity index (χ2n) is 3.56. The van der Waals surface area contributed by atoms with Crippen LogP contribution in [0.3, 0.4) is 0 Å².